The summed E-state index contributed by atoms with van der Waals surface area (Å²) in [5.74, 6) is -1.19. The van der Waals surface area contributed by atoms with Crippen molar-refractivity contribution in [1.82, 2.24) is 10.6 Å². The zero-order valence-electron chi connectivity index (χ0n) is 10.4. The predicted octanol–water partition coefficient (Wildman–Crippen LogP) is -0.274. The fourth-order valence-corrected chi connectivity index (χ4v) is 4.01. The molecule has 3 N–H and O–H groups in total. The highest BCUT2D eigenvalue weighted by molar-refractivity contribution is 7.91. The van der Waals surface area contributed by atoms with E-state index in [1.807, 2.05) is 0 Å². The number of urea groups is 1. The average Bonchev–Trinajstić information content (AvgIpc) is 2.48. The van der Waals surface area contributed by atoms with Gasteiger partial charge in [0.25, 0.3) is 0 Å². The Morgan fingerprint density at radius 1 is 1.44 bits per heavy atom. The van der Waals surface area contributed by atoms with Crippen molar-refractivity contribution in [1.29, 1.82) is 0 Å². The number of hydrogen-bond donors (Lipinski definition) is 3. The largest absolute Gasteiger partial charge is 0.480 e. The van der Waals surface area contributed by atoms with Gasteiger partial charge in [-0.1, -0.05) is 6.92 Å². The molecule has 18 heavy (non-hydrogen) atoms. The third-order valence-corrected chi connectivity index (χ3v) is 4.83. The highest BCUT2D eigenvalue weighted by Gasteiger charge is 2.39. The number of amides is 2. The fraction of sp³-hybridized carbons (Fsp3) is 0.800. The summed E-state index contributed by atoms with van der Waals surface area (Å²) in [6.07, 6.45) is 0.602. The summed E-state index contributed by atoms with van der Waals surface area (Å²) >= 11 is 0. The summed E-state index contributed by atoms with van der Waals surface area (Å²) in [6.45, 7) is 3.28. The van der Waals surface area contributed by atoms with Crippen molar-refractivity contribution < 1.29 is 23.1 Å². The van der Waals surface area contributed by atoms with Crippen molar-refractivity contribution in [3.05, 3.63) is 0 Å². The van der Waals surface area contributed by atoms with Gasteiger partial charge in [0.2, 0.25) is 0 Å². The average molecular weight is 278 g/mol. The quantitative estimate of drug-likeness (QED) is 0.655. The van der Waals surface area contributed by atoms with Crippen LogP contribution in [0.15, 0.2) is 0 Å². The molecule has 0 spiro atoms. The zero-order chi connectivity index (χ0) is 14.0. The van der Waals surface area contributed by atoms with E-state index in [0.717, 1.165) is 0 Å². The summed E-state index contributed by atoms with van der Waals surface area (Å²) in [5, 5.41) is 13.6. The van der Waals surface area contributed by atoms with Gasteiger partial charge in [-0.2, -0.15) is 0 Å². The first-order valence-electron chi connectivity index (χ1n) is 5.69. The van der Waals surface area contributed by atoms with Gasteiger partial charge in [-0.05, 0) is 19.8 Å². The van der Waals surface area contributed by atoms with E-state index in [4.69, 9.17) is 5.11 Å². The molecule has 2 atom stereocenters. The number of carboxylic acids is 1. The summed E-state index contributed by atoms with van der Waals surface area (Å²) < 4.78 is 22.7. The number of hydrogen-bond acceptors (Lipinski definition) is 4. The van der Waals surface area contributed by atoms with Gasteiger partial charge in [-0.15, -0.1) is 0 Å². The molecule has 1 rings (SSSR count). The molecule has 0 bridgehead atoms. The first kappa shape index (κ1) is 14.7. The van der Waals surface area contributed by atoms with Gasteiger partial charge in [0.1, 0.15) is 6.04 Å². The maximum absolute atomic E-state index is 11.6. The van der Waals surface area contributed by atoms with Crippen molar-refractivity contribution in [2.24, 2.45) is 0 Å². The predicted molar refractivity (Wildman–Crippen MR) is 65.1 cm³/mol. The Balaban J connectivity index is 2.58. The molecule has 1 heterocycles. The molecule has 1 fully saturated rings. The van der Waals surface area contributed by atoms with Gasteiger partial charge in [0, 0.05) is 0 Å². The number of carbonyl (C=O) groups excluding carboxylic acids is 1. The molecule has 1 aliphatic rings. The molecule has 0 aromatic heterocycles. The third kappa shape index (κ3) is 3.86. The third-order valence-electron chi connectivity index (χ3n) is 2.93. The van der Waals surface area contributed by atoms with E-state index >= 15 is 0 Å². The monoisotopic (exact) mass is 278 g/mol. The number of rotatable bonds is 4. The second-order valence-corrected chi connectivity index (χ2v) is 6.98. The zero-order valence-corrected chi connectivity index (χ0v) is 11.2. The van der Waals surface area contributed by atoms with Gasteiger partial charge < -0.3 is 15.7 Å². The minimum atomic E-state index is -3.11. The molecule has 2 amide bonds. The van der Waals surface area contributed by atoms with E-state index in [9.17, 15) is 18.0 Å². The second kappa shape index (κ2) is 5.13. The smallest absolute Gasteiger partial charge is 0.326 e. The van der Waals surface area contributed by atoms with E-state index < -0.39 is 33.4 Å². The van der Waals surface area contributed by atoms with E-state index in [2.05, 4.69) is 10.6 Å². The normalized spacial score (nSPS) is 27.4. The summed E-state index contributed by atoms with van der Waals surface area (Å²) in [5.41, 5.74) is -0.820. The number of carboxylic acid groups (broad SMARTS) is 1. The van der Waals surface area contributed by atoms with Gasteiger partial charge in [0.15, 0.2) is 9.84 Å². The van der Waals surface area contributed by atoms with Crippen LogP contribution in [0.2, 0.25) is 0 Å². The Morgan fingerprint density at radius 2 is 2.06 bits per heavy atom. The van der Waals surface area contributed by atoms with Crippen LogP contribution in [0.1, 0.15) is 26.7 Å². The van der Waals surface area contributed by atoms with Gasteiger partial charge >= 0.3 is 12.0 Å². The topological polar surface area (TPSA) is 113 Å². The van der Waals surface area contributed by atoms with Crippen molar-refractivity contribution in [2.45, 2.75) is 38.3 Å². The lowest BCUT2D eigenvalue weighted by Gasteiger charge is -2.25. The van der Waals surface area contributed by atoms with Crippen LogP contribution in [-0.2, 0) is 14.6 Å². The van der Waals surface area contributed by atoms with Crippen molar-refractivity contribution in [2.75, 3.05) is 11.5 Å². The molecule has 2 unspecified atom stereocenters. The SMILES string of the molecule is CCC(NC(=O)NC1(C)CCS(=O)(=O)C1)C(=O)O. The minimum Gasteiger partial charge on any atom is -0.480 e. The molecule has 0 radical (unpaired) electrons. The summed E-state index contributed by atoms with van der Waals surface area (Å²) in [7, 11) is -3.11. The lowest BCUT2D eigenvalue weighted by molar-refractivity contribution is -0.139. The van der Waals surface area contributed by atoms with E-state index in [0.29, 0.717) is 6.42 Å². The van der Waals surface area contributed by atoms with Gasteiger partial charge in [-0.3, -0.25) is 0 Å². The van der Waals surface area contributed by atoms with Crippen LogP contribution in [0, 0.1) is 0 Å². The standard InChI is InChI=1S/C10H18N2O5S/c1-3-7(8(13)14)11-9(15)12-10(2)4-5-18(16,17)6-10/h7H,3-6H2,1-2H3,(H,13,14)(H2,11,12,15). The van der Waals surface area contributed by atoms with Crippen LogP contribution in [0.4, 0.5) is 4.79 Å². The molecular weight excluding hydrogens is 260 g/mol. The first-order chi connectivity index (χ1) is 8.17. The molecule has 8 heteroatoms. The molecule has 0 aromatic carbocycles. The highest BCUT2D eigenvalue weighted by Crippen LogP contribution is 2.22. The highest BCUT2D eigenvalue weighted by atomic mass is 32.2. The van der Waals surface area contributed by atoms with Crippen LogP contribution in [-0.4, -0.2) is 48.6 Å². The molecule has 0 aromatic rings. The molecule has 7 nitrogen and oxygen atoms in total. The number of sulfone groups is 1. The molecule has 1 saturated heterocycles. The van der Waals surface area contributed by atoms with Crippen LogP contribution in [0.25, 0.3) is 0 Å². The lowest BCUT2D eigenvalue weighted by Crippen LogP contribution is -2.54. The van der Waals surface area contributed by atoms with Crippen LogP contribution in [0.5, 0.6) is 0 Å². The minimum absolute atomic E-state index is 0.0416. The number of aliphatic carboxylic acids is 1. The number of nitrogens with one attached hydrogen (secondary N) is 2. The Morgan fingerprint density at radius 3 is 2.44 bits per heavy atom. The molecule has 0 saturated carbocycles. The molecule has 104 valence electrons. The Bertz CT molecular complexity index is 447. The van der Waals surface area contributed by atoms with Crippen LogP contribution < -0.4 is 10.6 Å². The van der Waals surface area contributed by atoms with Crippen molar-refractivity contribution >= 4 is 21.8 Å². The van der Waals surface area contributed by atoms with E-state index in [1.165, 1.54) is 0 Å². The van der Waals surface area contributed by atoms with Gasteiger partial charge in [0.05, 0.1) is 17.0 Å². The van der Waals surface area contributed by atoms with Crippen molar-refractivity contribution in [3.8, 4) is 0 Å². The molecule has 1 aliphatic heterocycles. The molecular formula is C10H18N2O5S. The number of carbonyl (C=O) groups is 2. The van der Waals surface area contributed by atoms with E-state index in [1.54, 1.807) is 13.8 Å². The summed E-state index contributed by atoms with van der Waals surface area (Å²) in [4.78, 5) is 22.4. The molecule has 0 aliphatic carbocycles. The second-order valence-electron chi connectivity index (χ2n) is 4.80. The maximum atomic E-state index is 11.6. The van der Waals surface area contributed by atoms with Crippen LogP contribution in [0.3, 0.4) is 0 Å². The van der Waals surface area contributed by atoms with Crippen molar-refractivity contribution in [3.63, 3.8) is 0 Å². The van der Waals surface area contributed by atoms with Crippen LogP contribution >= 0.6 is 0 Å². The maximum Gasteiger partial charge on any atom is 0.326 e. The van der Waals surface area contributed by atoms with E-state index in [-0.39, 0.29) is 17.9 Å². The Kier molecular flexibility index (Phi) is 4.20. The Labute approximate surface area is 106 Å². The summed E-state index contributed by atoms with van der Waals surface area (Å²) in [6, 6.07) is -1.62. The van der Waals surface area contributed by atoms with Gasteiger partial charge in [-0.25, -0.2) is 18.0 Å². The fourth-order valence-electron chi connectivity index (χ4n) is 1.92. The Hall–Kier alpha value is -1.31. The lowest BCUT2D eigenvalue weighted by atomic mass is 10.0. The first-order valence-corrected chi connectivity index (χ1v) is 7.51.